The lowest BCUT2D eigenvalue weighted by Crippen LogP contribution is -2.10. The van der Waals surface area contributed by atoms with Gasteiger partial charge < -0.3 is 14.5 Å². The molecule has 1 heterocycles. The molecule has 0 saturated heterocycles. The zero-order chi connectivity index (χ0) is 13.8. The second-order valence-corrected chi connectivity index (χ2v) is 5.43. The number of aryl methyl sites for hydroxylation is 1. The molecule has 0 atom stereocenters. The molecule has 0 radical (unpaired) electrons. The van der Waals surface area contributed by atoms with Crippen LogP contribution in [0.25, 0.3) is 0 Å². The van der Waals surface area contributed by atoms with E-state index < -0.39 is 0 Å². The van der Waals surface area contributed by atoms with E-state index in [4.69, 9.17) is 9.15 Å². The Morgan fingerprint density at radius 1 is 1.15 bits per heavy atom. The van der Waals surface area contributed by atoms with E-state index in [1.807, 2.05) is 18.2 Å². The van der Waals surface area contributed by atoms with Gasteiger partial charge in [-0.05, 0) is 68.5 Å². The average molecular weight is 271 g/mol. The monoisotopic (exact) mass is 271 g/mol. The van der Waals surface area contributed by atoms with Crippen molar-refractivity contribution in [2.24, 2.45) is 0 Å². The predicted molar refractivity (Wildman–Crippen MR) is 80.1 cm³/mol. The molecule has 3 rings (SSSR count). The van der Waals surface area contributed by atoms with Crippen LogP contribution in [-0.2, 0) is 6.54 Å². The third-order valence-electron chi connectivity index (χ3n) is 3.88. The van der Waals surface area contributed by atoms with E-state index in [-0.39, 0.29) is 0 Å². The molecule has 2 aromatic rings. The largest absolute Gasteiger partial charge is 0.490 e. The Morgan fingerprint density at radius 3 is 2.55 bits per heavy atom. The van der Waals surface area contributed by atoms with Crippen LogP contribution in [0.15, 0.2) is 41.0 Å². The second kappa shape index (κ2) is 6.04. The lowest BCUT2D eigenvalue weighted by molar-refractivity contribution is 0.210. The molecule has 3 heteroatoms. The number of ether oxygens (including phenoxy) is 1. The Hall–Kier alpha value is -1.90. The molecule has 1 N–H and O–H groups in total. The summed E-state index contributed by atoms with van der Waals surface area (Å²) in [4.78, 5) is 0. The van der Waals surface area contributed by atoms with E-state index in [2.05, 4.69) is 24.4 Å². The predicted octanol–water partition coefficient (Wildman–Crippen LogP) is 4.52. The van der Waals surface area contributed by atoms with Crippen molar-refractivity contribution in [3.05, 3.63) is 47.9 Å². The number of anilines is 1. The van der Waals surface area contributed by atoms with Gasteiger partial charge >= 0.3 is 0 Å². The van der Waals surface area contributed by atoms with Crippen molar-refractivity contribution in [3.63, 3.8) is 0 Å². The van der Waals surface area contributed by atoms with E-state index >= 15 is 0 Å². The van der Waals surface area contributed by atoms with E-state index in [0.717, 1.165) is 17.2 Å². The molecule has 0 spiro atoms. The highest BCUT2D eigenvalue weighted by atomic mass is 16.5. The molecule has 0 amide bonds. The summed E-state index contributed by atoms with van der Waals surface area (Å²) in [6.45, 7) is 2.76. The van der Waals surface area contributed by atoms with Crippen molar-refractivity contribution < 1.29 is 9.15 Å². The van der Waals surface area contributed by atoms with E-state index in [0.29, 0.717) is 12.6 Å². The van der Waals surface area contributed by atoms with Gasteiger partial charge in [0.2, 0.25) is 0 Å². The van der Waals surface area contributed by atoms with Gasteiger partial charge in [0, 0.05) is 5.69 Å². The minimum Gasteiger partial charge on any atom is -0.490 e. The van der Waals surface area contributed by atoms with Crippen LogP contribution in [0.1, 0.15) is 37.0 Å². The number of furan rings is 1. The molecule has 0 unspecified atom stereocenters. The van der Waals surface area contributed by atoms with E-state index in [9.17, 15) is 0 Å². The van der Waals surface area contributed by atoms with Crippen molar-refractivity contribution in [1.82, 2.24) is 0 Å². The first-order valence-electron chi connectivity index (χ1n) is 7.35. The van der Waals surface area contributed by atoms with Crippen molar-refractivity contribution in [1.29, 1.82) is 0 Å². The molecule has 1 aromatic heterocycles. The van der Waals surface area contributed by atoms with Crippen LogP contribution >= 0.6 is 0 Å². The third kappa shape index (κ3) is 3.16. The molecule has 1 aromatic carbocycles. The number of benzene rings is 1. The standard InChI is InChI=1S/C17H21NO2/c1-13-10-11-19-17(13)12-18-14-6-8-16(9-7-14)20-15-4-2-3-5-15/h6-11,15,18H,2-5,12H2,1H3. The van der Waals surface area contributed by atoms with Gasteiger partial charge in [0.25, 0.3) is 0 Å². The van der Waals surface area contributed by atoms with Gasteiger partial charge in [-0.15, -0.1) is 0 Å². The molecular weight excluding hydrogens is 250 g/mol. The van der Waals surface area contributed by atoms with Crippen LogP contribution < -0.4 is 10.1 Å². The van der Waals surface area contributed by atoms with Crippen LogP contribution in [0.4, 0.5) is 5.69 Å². The second-order valence-electron chi connectivity index (χ2n) is 5.43. The van der Waals surface area contributed by atoms with Crippen LogP contribution in [0.5, 0.6) is 5.75 Å². The fourth-order valence-electron chi connectivity index (χ4n) is 2.62. The number of nitrogens with one attached hydrogen (secondary N) is 1. The maximum atomic E-state index is 5.95. The number of hydrogen-bond donors (Lipinski definition) is 1. The van der Waals surface area contributed by atoms with Crippen molar-refractivity contribution in [3.8, 4) is 5.75 Å². The van der Waals surface area contributed by atoms with Gasteiger partial charge in [0.05, 0.1) is 18.9 Å². The normalized spacial score (nSPS) is 15.4. The van der Waals surface area contributed by atoms with Crippen molar-refractivity contribution >= 4 is 5.69 Å². The Balaban J connectivity index is 1.54. The smallest absolute Gasteiger partial charge is 0.125 e. The van der Waals surface area contributed by atoms with E-state index in [1.165, 1.54) is 31.2 Å². The summed E-state index contributed by atoms with van der Waals surface area (Å²) in [5.74, 6) is 1.95. The summed E-state index contributed by atoms with van der Waals surface area (Å²) in [6.07, 6.45) is 7.12. The molecule has 1 fully saturated rings. The van der Waals surface area contributed by atoms with Crippen molar-refractivity contribution in [2.45, 2.75) is 45.3 Å². The lowest BCUT2D eigenvalue weighted by Gasteiger charge is -2.13. The molecule has 3 nitrogen and oxygen atoms in total. The maximum absolute atomic E-state index is 5.95. The Kier molecular flexibility index (Phi) is 3.95. The highest BCUT2D eigenvalue weighted by molar-refractivity contribution is 5.46. The summed E-state index contributed by atoms with van der Waals surface area (Å²) in [5, 5.41) is 3.36. The van der Waals surface area contributed by atoms with Gasteiger partial charge in [-0.25, -0.2) is 0 Å². The SMILES string of the molecule is Cc1ccoc1CNc1ccc(OC2CCCC2)cc1. The Labute approximate surface area is 119 Å². The first-order chi connectivity index (χ1) is 9.81. The third-order valence-corrected chi connectivity index (χ3v) is 3.88. The van der Waals surface area contributed by atoms with Crippen LogP contribution in [0.3, 0.4) is 0 Å². The van der Waals surface area contributed by atoms with Gasteiger partial charge in [-0.1, -0.05) is 0 Å². The molecule has 1 aliphatic rings. The molecule has 1 aliphatic carbocycles. The maximum Gasteiger partial charge on any atom is 0.125 e. The Bertz CT molecular complexity index is 538. The summed E-state index contributed by atoms with van der Waals surface area (Å²) in [6, 6.07) is 10.2. The fraction of sp³-hybridized carbons (Fsp3) is 0.412. The molecular formula is C17H21NO2. The molecule has 20 heavy (non-hydrogen) atoms. The first-order valence-corrected chi connectivity index (χ1v) is 7.35. The zero-order valence-corrected chi connectivity index (χ0v) is 11.9. The van der Waals surface area contributed by atoms with Gasteiger partial charge in [0.15, 0.2) is 0 Å². The molecule has 0 aliphatic heterocycles. The molecule has 106 valence electrons. The quantitative estimate of drug-likeness (QED) is 0.868. The summed E-state index contributed by atoms with van der Waals surface area (Å²) >= 11 is 0. The molecule has 1 saturated carbocycles. The zero-order valence-electron chi connectivity index (χ0n) is 11.9. The first kappa shape index (κ1) is 13.1. The van der Waals surface area contributed by atoms with Crippen LogP contribution in [0, 0.1) is 6.92 Å². The van der Waals surface area contributed by atoms with Gasteiger partial charge in [-0.3, -0.25) is 0 Å². The van der Waals surface area contributed by atoms with Crippen molar-refractivity contribution in [2.75, 3.05) is 5.32 Å². The van der Waals surface area contributed by atoms with Crippen LogP contribution in [-0.4, -0.2) is 6.10 Å². The number of rotatable bonds is 5. The van der Waals surface area contributed by atoms with E-state index in [1.54, 1.807) is 6.26 Å². The summed E-state index contributed by atoms with van der Waals surface area (Å²) in [5.41, 5.74) is 2.26. The number of hydrogen-bond acceptors (Lipinski definition) is 3. The topological polar surface area (TPSA) is 34.4 Å². The highest BCUT2D eigenvalue weighted by Gasteiger charge is 2.16. The lowest BCUT2D eigenvalue weighted by atomic mass is 10.2. The Morgan fingerprint density at radius 2 is 1.90 bits per heavy atom. The minimum atomic E-state index is 0.416. The van der Waals surface area contributed by atoms with Gasteiger partial charge in [0.1, 0.15) is 11.5 Å². The highest BCUT2D eigenvalue weighted by Crippen LogP contribution is 2.25. The fourth-order valence-corrected chi connectivity index (χ4v) is 2.62. The van der Waals surface area contributed by atoms with Crippen LogP contribution in [0.2, 0.25) is 0 Å². The average Bonchev–Trinajstić information content (AvgIpc) is 3.10. The summed E-state index contributed by atoms with van der Waals surface area (Å²) < 4.78 is 11.4. The molecule has 0 bridgehead atoms. The summed E-state index contributed by atoms with van der Waals surface area (Å²) in [7, 11) is 0. The van der Waals surface area contributed by atoms with Gasteiger partial charge in [-0.2, -0.15) is 0 Å². The minimum absolute atomic E-state index is 0.416.